The number of hydrogen-bond donors (Lipinski definition) is 0. The zero-order chi connectivity index (χ0) is 37.6. The molecule has 1 aliphatic heterocycles. The number of carbonyl (C=O) groups excluding carboxylic acids is 2. The molecule has 0 radical (unpaired) electrons. The number of esters is 2. The van der Waals surface area contributed by atoms with Crippen LogP contribution in [0.1, 0.15) is 77.8 Å². The summed E-state index contributed by atoms with van der Waals surface area (Å²) in [4.78, 5) is 45.7. The number of nitrogens with zero attached hydrogens (tertiary/aromatic N) is 2. The highest BCUT2D eigenvalue weighted by Gasteiger charge is 2.35. The van der Waals surface area contributed by atoms with Gasteiger partial charge < -0.3 is 18.9 Å². The van der Waals surface area contributed by atoms with E-state index < -0.39 is 12.0 Å². The van der Waals surface area contributed by atoms with Gasteiger partial charge in [-0.25, -0.2) is 14.6 Å². The third-order valence-electron chi connectivity index (χ3n) is 8.69. The summed E-state index contributed by atoms with van der Waals surface area (Å²) in [7, 11) is 1.55. The van der Waals surface area contributed by atoms with E-state index in [1.54, 1.807) is 49.8 Å². The Morgan fingerprint density at radius 1 is 0.925 bits per heavy atom. The van der Waals surface area contributed by atoms with Gasteiger partial charge in [0.1, 0.15) is 6.61 Å². The average molecular weight is 796 g/mol. The molecule has 0 saturated carbocycles. The van der Waals surface area contributed by atoms with Crippen molar-refractivity contribution in [2.24, 2.45) is 4.99 Å². The smallest absolute Gasteiger partial charge is 0.338 e. The van der Waals surface area contributed by atoms with Crippen molar-refractivity contribution in [3.05, 3.63) is 154 Å². The SMILES string of the molecule is CCOC(=O)C1=C(c2ccccc2)N=c2s/c(=C\c3cc(Br)c(OCc4ccc(C(=O)OCC)cc4)c(OC)c3)c(=O)n2[C@@H]1c1ccc(C(C)C)cc1. The van der Waals surface area contributed by atoms with Crippen LogP contribution in [0, 0.1) is 0 Å². The second kappa shape index (κ2) is 16.6. The lowest BCUT2D eigenvalue weighted by Gasteiger charge is -2.26. The van der Waals surface area contributed by atoms with Crippen molar-refractivity contribution >= 4 is 51.0 Å². The monoisotopic (exact) mass is 794 g/mol. The van der Waals surface area contributed by atoms with E-state index in [0.717, 1.165) is 22.3 Å². The molecule has 0 fully saturated rings. The van der Waals surface area contributed by atoms with E-state index in [1.807, 2.05) is 72.8 Å². The van der Waals surface area contributed by atoms with Crippen molar-refractivity contribution in [1.82, 2.24) is 4.57 Å². The Bertz CT molecular complexity index is 2350. The molecule has 0 bridgehead atoms. The summed E-state index contributed by atoms with van der Waals surface area (Å²) in [6.07, 6.45) is 1.78. The summed E-state index contributed by atoms with van der Waals surface area (Å²) in [5.74, 6) is 0.349. The van der Waals surface area contributed by atoms with E-state index in [0.29, 0.717) is 60.2 Å². The fourth-order valence-corrected chi connectivity index (χ4v) is 7.62. The first-order chi connectivity index (χ1) is 25.6. The average Bonchev–Trinajstić information content (AvgIpc) is 3.47. The van der Waals surface area contributed by atoms with Crippen molar-refractivity contribution in [2.45, 2.75) is 46.3 Å². The second-order valence-electron chi connectivity index (χ2n) is 12.5. The lowest BCUT2D eigenvalue weighted by molar-refractivity contribution is -0.138. The van der Waals surface area contributed by atoms with Crippen molar-refractivity contribution < 1.29 is 28.5 Å². The molecule has 1 aromatic heterocycles. The number of methoxy groups -OCH3 is 1. The molecular weight excluding hydrogens is 756 g/mol. The Balaban J connectivity index is 1.42. The molecule has 0 N–H and O–H groups in total. The van der Waals surface area contributed by atoms with Gasteiger partial charge in [-0.05, 0) is 88.3 Å². The minimum atomic E-state index is -0.771. The largest absolute Gasteiger partial charge is 0.493 e. The maximum Gasteiger partial charge on any atom is 0.338 e. The molecule has 11 heteroatoms. The van der Waals surface area contributed by atoms with E-state index in [4.69, 9.17) is 23.9 Å². The molecule has 0 amide bonds. The number of hydrogen-bond acceptors (Lipinski definition) is 9. The predicted molar refractivity (Wildman–Crippen MR) is 209 cm³/mol. The summed E-state index contributed by atoms with van der Waals surface area (Å²) in [6.45, 7) is 8.47. The van der Waals surface area contributed by atoms with Crippen LogP contribution >= 0.6 is 27.3 Å². The van der Waals surface area contributed by atoms with Gasteiger partial charge in [0.2, 0.25) is 0 Å². The summed E-state index contributed by atoms with van der Waals surface area (Å²) >= 11 is 4.88. The van der Waals surface area contributed by atoms with Gasteiger partial charge in [-0.1, -0.05) is 91.9 Å². The van der Waals surface area contributed by atoms with E-state index >= 15 is 0 Å². The predicted octanol–water partition coefficient (Wildman–Crippen LogP) is 7.59. The van der Waals surface area contributed by atoms with Crippen LogP contribution in [0.2, 0.25) is 0 Å². The van der Waals surface area contributed by atoms with Gasteiger partial charge in [0.25, 0.3) is 5.56 Å². The number of thiazole rings is 1. The molecule has 53 heavy (non-hydrogen) atoms. The Kier molecular flexibility index (Phi) is 11.7. The van der Waals surface area contributed by atoms with Crippen molar-refractivity contribution in [3.8, 4) is 11.5 Å². The standard InChI is InChI=1S/C42H39BrN2O7S/c1-6-50-40(47)31-15-13-26(14-16-31)24-52-38-32(43)21-27(22-33(38)49-5)23-34-39(46)45-37(30-19-17-28(18-20-30)25(3)4)35(41(48)51-7-2)36(44-42(45)53-34)29-11-9-8-10-12-29/h8-23,25,37H,6-7,24H2,1-5H3/b34-23-/t37-/m1/s1. The maximum absolute atomic E-state index is 14.4. The van der Waals surface area contributed by atoms with Crippen LogP contribution in [0.25, 0.3) is 11.8 Å². The number of benzene rings is 4. The van der Waals surface area contributed by atoms with Crippen LogP contribution in [0.5, 0.6) is 11.5 Å². The van der Waals surface area contributed by atoms with Crippen LogP contribution in [0.15, 0.2) is 111 Å². The summed E-state index contributed by atoms with van der Waals surface area (Å²) in [5.41, 5.74) is 5.15. The molecule has 9 nitrogen and oxygen atoms in total. The molecule has 1 aliphatic rings. The third kappa shape index (κ3) is 8.06. The van der Waals surface area contributed by atoms with Crippen LogP contribution in [-0.4, -0.2) is 36.8 Å². The van der Waals surface area contributed by atoms with Crippen molar-refractivity contribution in [3.63, 3.8) is 0 Å². The van der Waals surface area contributed by atoms with Gasteiger partial charge in [-0.15, -0.1) is 0 Å². The zero-order valence-corrected chi connectivity index (χ0v) is 32.5. The summed E-state index contributed by atoms with van der Waals surface area (Å²) in [5, 5.41) is 0. The summed E-state index contributed by atoms with van der Waals surface area (Å²) in [6, 6.07) is 27.4. The van der Waals surface area contributed by atoms with Gasteiger partial charge in [-0.3, -0.25) is 9.36 Å². The molecule has 0 unspecified atom stereocenters. The molecule has 5 aromatic rings. The van der Waals surface area contributed by atoms with Crippen molar-refractivity contribution in [2.75, 3.05) is 20.3 Å². The van der Waals surface area contributed by atoms with Gasteiger partial charge in [0.15, 0.2) is 16.3 Å². The quantitative estimate of drug-likeness (QED) is 0.120. The number of fused-ring (bicyclic) bond motifs is 1. The van der Waals surface area contributed by atoms with E-state index in [-0.39, 0.29) is 24.7 Å². The molecule has 0 aliphatic carbocycles. The topological polar surface area (TPSA) is 105 Å². The Hall–Kier alpha value is -5.26. The second-order valence-corrected chi connectivity index (χ2v) is 14.4. The van der Waals surface area contributed by atoms with Crippen LogP contribution in [-0.2, 0) is 20.9 Å². The minimum Gasteiger partial charge on any atom is -0.493 e. The lowest BCUT2D eigenvalue weighted by Crippen LogP contribution is -2.40. The first-order valence-corrected chi connectivity index (χ1v) is 18.9. The molecule has 272 valence electrons. The third-order valence-corrected chi connectivity index (χ3v) is 10.3. The summed E-state index contributed by atoms with van der Waals surface area (Å²) < 4.78 is 25.2. The maximum atomic E-state index is 14.4. The molecular formula is C42H39BrN2O7S. The van der Waals surface area contributed by atoms with Crippen LogP contribution in [0.3, 0.4) is 0 Å². The van der Waals surface area contributed by atoms with Gasteiger partial charge >= 0.3 is 11.9 Å². The Labute approximate surface area is 320 Å². The highest BCUT2D eigenvalue weighted by atomic mass is 79.9. The fraction of sp³-hybridized carbons (Fsp3) is 0.238. The zero-order valence-electron chi connectivity index (χ0n) is 30.1. The minimum absolute atomic E-state index is 0.173. The first kappa shape index (κ1) is 37.5. The van der Waals surface area contributed by atoms with E-state index in [9.17, 15) is 14.4 Å². The highest BCUT2D eigenvalue weighted by molar-refractivity contribution is 9.10. The molecule has 1 atom stereocenters. The highest BCUT2D eigenvalue weighted by Crippen LogP contribution is 2.38. The molecule has 4 aromatic carbocycles. The van der Waals surface area contributed by atoms with Gasteiger partial charge in [-0.2, -0.15) is 0 Å². The molecule has 0 spiro atoms. The number of ether oxygens (including phenoxy) is 4. The normalized spacial score (nSPS) is 14.1. The number of rotatable bonds is 12. The van der Waals surface area contributed by atoms with E-state index in [2.05, 4.69) is 29.8 Å². The van der Waals surface area contributed by atoms with Crippen molar-refractivity contribution in [1.29, 1.82) is 0 Å². The van der Waals surface area contributed by atoms with Crippen LogP contribution in [0.4, 0.5) is 0 Å². The number of aromatic nitrogens is 1. The molecule has 2 heterocycles. The lowest BCUT2D eigenvalue weighted by atomic mass is 9.91. The fourth-order valence-electron chi connectivity index (χ4n) is 6.04. The van der Waals surface area contributed by atoms with Gasteiger partial charge in [0.05, 0.1) is 52.2 Å². The van der Waals surface area contributed by atoms with E-state index in [1.165, 1.54) is 11.3 Å². The Morgan fingerprint density at radius 3 is 2.25 bits per heavy atom. The first-order valence-electron chi connectivity index (χ1n) is 17.3. The molecule has 0 saturated heterocycles. The molecule has 6 rings (SSSR count). The van der Waals surface area contributed by atoms with Crippen LogP contribution < -0.4 is 24.4 Å². The Morgan fingerprint density at radius 2 is 1.60 bits per heavy atom. The van der Waals surface area contributed by atoms with Gasteiger partial charge in [0, 0.05) is 5.56 Å². The number of halogens is 1. The number of carbonyl (C=O) groups is 2.